The molecule has 4 rings (SSSR count). The van der Waals surface area contributed by atoms with Crippen LogP contribution in [0.5, 0.6) is 0 Å². The predicted molar refractivity (Wildman–Crippen MR) is 108 cm³/mol. The van der Waals surface area contributed by atoms with Crippen LogP contribution in [-0.4, -0.2) is 54.7 Å². The molecule has 2 aliphatic rings. The van der Waals surface area contributed by atoms with Crippen molar-refractivity contribution in [1.29, 1.82) is 0 Å². The van der Waals surface area contributed by atoms with Crippen molar-refractivity contribution >= 4 is 0 Å². The molecule has 0 aliphatic carbocycles. The number of methoxy groups -OCH3 is 1. The van der Waals surface area contributed by atoms with Gasteiger partial charge in [0.25, 0.3) is 0 Å². The second-order valence-electron chi connectivity index (χ2n) is 8.27. The van der Waals surface area contributed by atoms with Gasteiger partial charge in [-0.1, -0.05) is 36.4 Å². The number of aromatic nitrogens is 1. The quantitative estimate of drug-likeness (QED) is 0.784. The van der Waals surface area contributed by atoms with E-state index in [1.807, 2.05) is 19.4 Å². The van der Waals surface area contributed by atoms with Gasteiger partial charge in [0.15, 0.2) is 0 Å². The van der Waals surface area contributed by atoms with Crippen molar-refractivity contribution in [2.75, 3.05) is 39.9 Å². The number of hydrogen-bond acceptors (Lipinski definition) is 4. The summed E-state index contributed by atoms with van der Waals surface area (Å²) in [5, 5.41) is 0. The van der Waals surface area contributed by atoms with Gasteiger partial charge in [-0.2, -0.15) is 0 Å². The molecule has 27 heavy (non-hydrogen) atoms. The highest BCUT2D eigenvalue weighted by molar-refractivity contribution is 5.15. The van der Waals surface area contributed by atoms with Crippen LogP contribution in [-0.2, 0) is 17.8 Å². The molecule has 1 aromatic carbocycles. The predicted octanol–water partition coefficient (Wildman–Crippen LogP) is 3.44. The summed E-state index contributed by atoms with van der Waals surface area (Å²) in [6.45, 7) is 7.58. The van der Waals surface area contributed by atoms with Gasteiger partial charge in [0, 0.05) is 45.4 Å². The third kappa shape index (κ3) is 4.40. The molecule has 2 fully saturated rings. The van der Waals surface area contributed by atoms with Gasteiger partial charge in [0.1, 0.15) is 0 Å². The lowest BCUT2D eigenvalue weighted by Gasteiger charge is -2.42. The summed E-state index contributed by atoms with van der Waals surface area (Å²) in [6.07, 6.45) is 4.44. The summed E-state index contributed by atoms with van der Waals surface area (Å²) >= 11 is 0. The van der Waals surface area contributed by atoms with E-state index < -0.39 is 0 Å². The third-order valence-electron chi connectivity index (χ3n) is 6.46. The van der Waals surface area contributed by atoms with Crippen LogP contribution in [0, 0.1) is 11.3 Å². The van der Waals surface area contributed by atoms with E-state index in [4.69, 9.17) is 4.74 Å². The molecule has 3 heterocycles. The smallest absolute Gasteiger partial charge is 0.0543 e. The maximum atomic E-state index is 5.62. The molecule has 0 unspecified atom stereocenters. The van der Waals surface area contributed by atoms with Gasteiger partial charge < -0.3 is 4.74 Å². The first kappa shape index (κ1) is 18.6. The molecule has 0 saturated carbocycles. The van der Waals surface area contributed by atoms with Crippen molar-refractivity contribution in [3.8, 4) is 0 Å². The number of likely N-dealkylation sites (tertiary alicyclic amines) is 2. The zero-order chi connectivity index (χ0) is 18.5. The van der Waals surface area contributed by atoms with Crippen LogP contribution >= 0.6 is 0 Å². The molecule has 0 N–H and O–H groups in total. The van der Waals surface area contributed by atoms with Crippen molar-refractivity contribution in [2.24, 2.45) is 11.3 Å². The molecule has 2 aromatic rings. The molecule has 0 radical (unpaired) electrons. The largest absolute Gasteiger partial charge is 0.384 e. The third-order valence-corrected chi connectivity index (χ3v) is 6.46. The van der Waals surface area contributed by atoms with Gasteiger partial charge in [0.05, 0.1) is 12.3 Å². The Bertz CT molecular complexity index is 698. The van der Waals surface area contributed by atoms with Crippen molar-refractivity contribution in [3.05, 3.63) is 66.0 Å². The monoisotopic (exact) mass is 365 g/mol. The summed E-state index contributed by atoms with van der Waals surface area (Å²) in [5.41, 5.74) is 3.00. The van der Waals surface area contributed by atoms with E-state index in [-0.39, 0.29) is 0 Å². The Hall–Kier alpha value is -1.75. The molecule has 144 valence electrons. The van der Waals surface area contributed by atoms with Crippen LogP contribution in [0.3, 0.4) is 0 Å². The number of benzene rings is 1. The van der Waals surface area contributed by atoms with E-state index in [1.165, 1.54) is 43.7 Å². The lowest BCUT2D eigenvalue weighted by atomic mass is 9.71. The van der Waals surface area contributed by atoms with Gasteiger partial charge in [-0.3, -0.25) is 14.8 Å². The van der Waals surface area contributed by atoms with Crippen LogP contribution in [0.15, 0.2) is 54.7 Å². The number of rotatable bonds is 6. The summed E-state index contributed by atoms with van der Waals surface area (Å²) in [7, 11) is 1.85. The highest BCUT2D eigenvalue weighted by Gasteiger charge is 2.47. The second kappa shape index (κ2) is 8.51. The minimum absolute atomic E-state index is 0.401. The van der Waals surface area contributed by atoms with Crippen LogP contribution < -0.4 is 0 Å². The zero-order valence-electron chi connectivity index (χ0n) is 16.4. The van der Waals surface area contributed by atoms with Crippen LogP contribution in [0.2, 0.25) is 0 Å². The molecule has 1 atom stereocenters. The normalized spacial score (nSPS) is 23.1. The summed E-state index contributed by atoms with van der Waals surface area (Å²) in [4.78, 5) is 9.74. The Morgan fingerprint density at radius 2 is 1.78 bits per heavy atom. The number of nitrogens with zero attached hydrogens (tertiary/aromatic N) is 3. The fourth-order valence-corrected chi connectivity index (χ4v) is 4.98. The highest BCUT2D eigenvalue weighted by Crippen LogP contribution is 2.45. The zero-order valence-corrected chi connectivity index (χ0v) is 16.4. The molecule has 2 aliphatic heterocycles. The summed E-state index contributed by atoms with van der Waals surface area (Å²) in [5.74, 6) is 0.630. The second-order valence-corrected chi connectivity index (χ2v) is 8.27. The minimum Gasteiger partial charge on any atom is -0.384 e. The Labute approximate surface area is 163 Å². The number of pyridine rings is 1. The molecule has 4 nitrogen and oxygen atoms in total. The maximum Gasteiger partial charge on any atom is 0.0543 e. The maximum absolute atomic E-state index is 5.62. The first-order valence-corrected chi connectivity index (χ1v) is 10.1. The van der Waals surface area contributed by atoms with E-state index in [2.05, 4.69) is 57.2 Å². The van der Waals surface area contributed by atoms with E-state index >= 15 is 0 Å². The Balaban J connectivity index is 1.38. The van der Waals surface area contributed by atoms with E-state index in [0.717, 1.165) is 26.2 Å². The fourth-order valence-electron chi connectivity index (χ4n) is 4.98. The number of hydrogen-bond donors (Lipinski definition) is 0. The minimum atomic E-state index is 0.401. The highest BCUT2D eigenvalue weighted by atomic mass is 16.5. The van der Waals surface area contributed by atoms with Crippen molar-refractivity contribution in [1.82, 2.24) is 14.8 Å². The molecule has 4 heteroatoms. The van der Waals surface area contributed by atoms with E-state index in [9.17, 15) is 0 Å². The SMILES string of the molecule is COC[C@@H]1CN(Cc2ccccn2)CC12CCN(Cc1ccccc1)CC2. The first-order valence-electron chi connectivity index (χ1n) is 10.1. The lowest BCUT2D eigenvalue weighted by molar-refractivity contribution is 0.0350. The molecule has 0 amide bonds. The van der Waals surface area contributed by atoms with Gasteiger partial charge in [0.2, 0.25) is 0 Å². The molecular weight excluding hydrogens is 334 g/mol. The molecule has 1 aromatic heterocycles. The number of ether oxygens (including phenoxy) is 1. The topological polar surface area (TPSA) is 28.6 Å². The fraction of sp³-hybridized carbons (Fsp3) is 0.522. The van der Waals surface area contributed by atoms with Crippen LogP contribution in [0.25, 0.3) is 0 Å². The molecule has 1 spiro atoms. The van der Waals surface area contributed by atoms with Gasteiger partial charge in [-0.05, 0) is 49.0 Å². The van der Waals surface area contributed by atoms with Crippen molar-refractivity contribution in [2.45, 2.75) is 25.9 Å². The van der Waals surface area contributed by atoms with E-state index in [0.29, 0.717) is 11.3 Å². The standard InChI is InChI=1S/C23H31N3O/c1-27-18-21-16-26(17-22-9-5-6-12-24-22)19-23(21)10-13-25(14-11-23)15-20-7-3-2-4-8-20/h2-9,12,21H,10-11,13-19H2,1H3/t21-/m0/s1. The van der Waals surface area contributed by atoms with Crippen molar-refractivity contribution in [3.63, 3.8) is 0 Å². The molecule has 0 bridgehead atoms. The van der Waals surface area contributed by atoms with Crippen molar-refractivity contribution < 1.29 is 4.74 Å². The number of piperidine rings is 1. The van der Waals surface area contributed by atoms with Crippen LogP contribution in [0.4, 0.5) is 0 Å². The van der Waals surface area contributed by atoms with Gasteiger partial charge >= 0.3 is 0 Å². The van der Waals surface area contributed by atoms with Gasteiger partial charge in [-0.25, -0.2) is 0 Å². The summed E-state index contributed by atoms with van der Waals surface area (Å²) < 4.78 is 5.62. The Morgan fingerprint density at radius 3 is 2.48 bits per heavy atom. The molecule has 2 saturated heterocycles. The lowest BCUT2D eigenvalue weighted by Crippen LogP contribution is -2.44. The van der Waals surface area contributed by atoms with Gasteiger partial charge in [-0.15, -0.1) is 0 Å². The van der Waals surface area contributed by atoms with Crippen LogP contribution in [0.1, 0.15) is 24.1 Å². The van der Waals surface area contributed by atoms with E-state index in [1.54, 1.807) is 0 Å². The Kier molecular flexibility index (Phi) is 5.86. The molecular formula is C23H31N3O. The first-order chi connectivity index (χ1) is 13.3. The average Bonchev–Trinajstić information content (AvgIpc) is 3.02. The summed E-state index contributed by atoms with van der Waals surface area (Å²) in [6, 6.07) is 17.1. The Morgan fingerprint density at radius 1 is 1.00 bits per heavy atom. The average molecular weight is 366 g/mol.